The fourth-order valence-corrected chi connectivity index (χ4v) is 1.68. The van der Waals surface area contributed by atoms with Crippen molar-refractivity contribution < 1.29 is 9.72 Å². The normalized spacial score (nSPS) is 12.2. The van der Waals surface area contributed by atoms with E-state index < -0.39 is 4.92 Å². The van der Waals surface area contributed by atoms with Crippen molar-refractivity contribution in [2.24, 2.45) is 5.92 Å². The van der Waals surface area contributed by atoms with E-state index in [1.165, 1.54) is 12.1 Å². The molecule has 0 saturated heterocycles. The fourth-order valence-electron chi connectivity index (χ4n) is 1.68. The molecule has 0 fully saturated rings. The number of carbonyl (C=O) groups is 1. The molecular weight excluding hydrogens is 258 g/mol. The van der Waals surface area contributed by atoms with Crippen molar-refractivity contribution in [3.05, 3.63) is 39.9 Å². The Morgan fingerprint density at radius 3 is 2.30 bits per heavy atom. The number of nitro benzene ring substituents is 1. The van der Waals surface area contributed by atoms with Gasteiger partial charge in [-0.3, -0.25) is 14.9 Å². The first-order valence-corrected chi connectivity index (χ1v) is 6.67. The number of nitrogens with zero attached hydrogens (tertiary/aromatic N) is 1. The van der Waals surface area contributed by atoms with Crippen molar-refractivity contribution in [1.82, 2.24) is 10.6 Å². The Bertz CT molecular complexity index is 457. The quantitative estimate of drug-likeness (QED) is 0.454. The summed E-state index contributed by atoms with van der Waals surface area (Å²) in [6.45, 7) is 6.89. The largest absolute Gasteiger partial charge is 0.355 e. The molecule has 0 bridgehead atoms. The molecule has 0 radical (unpaired) electrons. The summed E-state index contributed by atoms with van der Waals surface area (Å²) in [6, 6.07) is 6.54. The van der Waals surface area contributed by atoms with Crippen LogP contribution in [0.15, 0.2) is 24.3 Å². The van der Waals surface area contributed by atoms with Gasteiger partial charge in [-0.2, -0.15) is 0 Å². The van der Waals surface area contributed by atoms with E-state index in [-0.39, 0.29) is 23.6 Å². The number of non-ortho nitro benzene ring substituents is 1. The Morgan fingerprint density at radius 1 is 1.20 bits per heavy atom. The molecule has 110 valence electrons. The molecule has 6 nitrogen and oxygen atoms in total. The highest BCUT2D eigenvalue weighted by Crippen LogP contribution is 2.17. The van der Waals surface area contributed by atoms with Gasteiger partial charge in [-0.15, -0.1) is 0 Å². The zero-order chi connectivity index (χ0) is 15.1. The average molecular weight is 279 g/mol. The molecule has 1 rings (SSSR count). The van der Waals surface area contributed by atoms with Crippen molar-refractivity contribution in [3.8, 4) is 0 Å². The summed E-state index contributed by atoms with van der Waals surface area (Å²) in [5.41, 5.74) is 1.07. The number of nitro groups is 1. The molecule has 0 aromatic heterocycles. The van der Waals surface area contributed by atoms with Gasteiger partial charge in [0.1, 0.15) is 0 Å². The summed E-state index contributed by atoms with van der Waals surface area (Å²) in [6.07, 6.45) is 0. The monoisotopic (exact) mass is 279 g/mol. The molecule has 0 saturated carbocycles. The van der Waals surface area contributed by atoms with Crippen molar-refractivity contribution >= 4 is 11.6 Å². The lowest BCUT2D eigenvalue weighted by Gasteiger charge is -2.15. The SMILES string of the molecule is CC(C)C(=O)NCCNC(C)c1ccc([N+](=O)[O-])cc1. The lowest BCUT2D eigenvalue weighted by molar-refractivity contribution is -0.384. The van der Waals surface area contributed by atoms with Crippen molar-refractivity contribution in [2.75, 3.05) is 13.1 Å². The van der Waals surface area contributed by atoms with Crippen molar-refractivity contribution in [3.63, 3.8) is 0 Å². The Balaban J connectivity index is 2.37. The number of hydrogen-bond acceptors (Lipinski definition) is 4. The van der Waals surface area contributed by atoms with Gasteiger partial charge in [-0.25, -0.2) is 0 Å². The van der Waals surface area contributed by atoms with E-state index in [2.05, 4.69) is 10.6 Å². The van der Waals surface area contributed by atoms with Crippen LogP contribution in [0.2, 0.25) is 0 Å². The maximum atomic E-state index is 11.4. The second kappa shape index (κ2) is 7.59. The molecule has 0 aliphatic heterocycles. The van der Waals surface area contributed by atoms with Crippen LogP contribution in [0.1, 0.15) is 32.4 Å². The third-order valence-electron chi connectivity index (χ3n) is 3.00. The summed E-state index contributed by atoms with van der Waals surface area (Å²) in [5, 5.41) is 16.6. The minimum atomic E-state index is -0.413. The zero-order valence-corrected chi connectivity index (χ0v) is 12.1. The molecule has 6 heteroatoms. The van der Waals surface area contributed by atoms with Crippen LogP contribution in [0, 0.1) is 16.0 Å². The lowest BCUT2D eigenvalue weighted by Crippen LogP contribution is -2.35. The molecule has 20 heavy (non-hydrogen) atoms. The number of benzene rings is 1. The summed E-state index contributed by atoms with van der Waals surface area (Å²) >= 11 is 0. The highest BCUT2D eigenvalue weighted by Gasteiger charge is 2.09. The Morgan fingerprint density at radius 2 is 1.80 bits per heavy atom. The van der Waals surface area contributed by atoms with Gasteiger partial charge in [0.2, 0.25) is 5.91 Å². The first-order chi connectivity index (χ1) is 9.41. The number of hydrogen-bond donors (Lipinski definition) is 2. The highest BCUT2D eigenvalue weighted by atomic mass is 16.6. The summed E-state index contributed by atoms with van der Waals surface area (Å²) in [5.74, 6) is 0.0249. The molecule has 1 aromatic carbocycles. The van der Waals surface area contributed by atoms with E-state index in [1.807, 2.05) is 20.8 Å². The third kappa shape index (κ3) is 4.97. The first-order valence-electron chi connectivity index (χ1n) is 6.67. The predicted molar refractivity (Wildman–Crippen MR) is 77.4 cm³/mol. The average Bonchev–Trinajstić information content (AvgIpc) is 2.43. The van der Waals surface area contributed by atoms with E-state index in [1.54, 1.807) is 12.1 Å². The number of rotatable bonds is 7. The van der Waals surface area contributed by atoms with Crippen LogP contribution in [-0.2, 0) is 4.79 Å². The number of carbonyl (C=O) groups excluding carboxylic acids is 1. The molecule has 1 unspecified atom stereocenters. The van der Waals surface area contributed by atoms with E-state index in [4.69, 9.17) is 0 Å². The Kier molecular flexibility index (Phi) is 6.11. The van der Waals surface area contributed by atoms with Gasteiger partial charge in [-0.05, 0) is 12.5 Å². The Labute approximate surface area is 118 Å². The predicted octanol–water partition coefficient (Wildman–Crippen LogP) is 2.02. The molecule has 1 aromatic rings. The van der Waals surface area contributed by atoms with E-state index >= 15 is 0 Å². The maximum Gasteiger partial charge on any atom is 0.269 e. The fraction of sp³-hybridized carbons (Fsp3) is 0.500. The second-order valence-corrected chi connectivity index (χ2v) is 4.97. The van der Waals surface area contributed by atoms with Crippen molar-refractivity contribution in [2.45, 2.75) is 26.8 Å². The van der Waals surface area contributed by atoms with Crippen LogP contribution in [0.3, 0.4) is 0 Å². The maximum absolute atomic E-state index is 11.4. The number of nitrogens with one attached hydrogen (secondary N) is 2. The molecule has 0 spiro atoms. The first kappa shape index (κ1) is 16.1. The van der Waals surface area contributed by atoms with E-state index in [0.29, 0.717) is 13.1 Å². The third-order valence-corrected chi connectivity index (χ3v) is 3.00. The van der Waals surface area contributed by atoms with E-state index in [9.17, 15) is 14.9 Å². The van der Waals surface area contributed by atoms with Crippen LogP contribution in [0.5, 0.6) is 0 Å². The number of amides is 1. The van der Waals surface area contributed by atoms with Crippen LogP contribution in [-0.4, -0.2) is 23.9 Å². The van der Waals surface area contributed by atoms with Gasteiger partial charge in [0, 0.05) is 37.2 Å². The molecule has 1 atom stereocenters. The van der Waals surface area contributed by atoms with Crippen LogP contribution >= 0.6 is 0 Å². The summed E-state index contributed by atoms with van der Waals surface area (Å²) in [7, 11) is 0. The molecule has 0 heterocycles. The smallest absolute Gasteiger partial charge is 0.269 e. The van der Waals surface area contributed by atoms with Gasteiger partial charge in [0.05, 0.1) is 4.92 Å². The van der Waals surface area contributed by atoms with Gasteiger partial charge < -0.3 is 10.6 Å². The standard InChI is InChI=1S/C14H21N3O3/c1-10(2)14(18)16-9-8-15-11(3)12-4-6-13(7-5-12)17(19)20/h4-7,10-11,15H,8-9H2,1-3H3,(H,16,18). The molecular formula is C14H21N3O3. The Hall–Kier alpha value is -1.95. The van der Waals surface area contributed by atoms with E-state index in [0.717, 1.165) is 5.56 Å². The molecule has 1 amide bonds. The minimum Gasteiger partial charge on any atom is -0.355 e. The van der Waals surface area contributed by atoms with Crippen LogP contribution in [0.4, 0.5) is 5.69 Å². The van der Waals surface area contributed by atoms with Gasteiger partial charge in [0.25, 0.3) is 5.69 Å². The zero-order valence-electron chi connectivity index (χ0n) is 12.1. The molecule has 0 aliphatic carbocycles. The summed E-state index contributed by atoms with van der Waals surface area (Å²) < 4.78 is 0. The van der Waals surface area contributed by atoms with Crippen molar-refractivity contribution in [1.29, 1.82) is 0 Å². The molecule has 2 N–H and O–H groups in total. The van der Waals surface area contributed by atoms with Crippen LogP contribution < -0.4 is 10.6 Å². The van der Waals surface area contributed by atoms with Gasteiger partial charge in [-0.1, -0.05) is 26.0 Å². The lowest BCUT2D eigenvalue weighted by atomic mass is 10.1. The van der Waals surface area contributed by atoms with Gasteiger partial charge >= 0.3 is 0 Å². The summed E-state index contributed by atoms with van der Waals surface area (Å²) in [4.78, 5) is 21.5. The minimum absolute atomic E-state index is 0.0119. The molecule has 0 aliphatic rings. The van der Waals surface area contributed by atoms with Crippen LogP contribution in [0.25, 0.3) is 0 Å². The highest BCUT2D eigenvalue weighted by molar-refractivity contribution is 5.77. The topological polar surface area (TPSA) is 84.3 Å². The second-order valence-electron chi connectivity index (χ2n) is 4.97. The van der Waals surface area contributed by atoms with Gasteiger partial charge in [0.15, 0.2) is 0 Å².